The minimum absolute atomic E-state index is 0.108. The third-order valence-electron chi connectivity index (χ3n) is 4.11. The molecule has 2 saturated carbocycles. The minimum Gasteiger partial charge on any atom is -0.377 e. The number of hydrogen-bond donors (Lipinski definition) is 0. The fourth-order valence-corrected chi connectivity index (χ4v) is 3.16. The van der Waals surface area contributed by atoms with Gasteiger partial charge in [0.2, 0.25) is 0 Å². The third kappa shape index (κ3) is 2.72. The van der Waals surface area contributed by atoms with Gasteiger partial charge in [-0.1, -0.05) is 13.8 Å². The van der Waals surface area contributed by atoms with Crippen LogP contribution < -0.4 is 0 Å². The molecule has 0 radical (unpaired) electrons. The molecule has 2 fully saturated rings. The van der Waals surface area contributed by atoms with E-state index in [4.69, 9.17) is 21.1 Å². The van der Waals surface area contributed by atoms with Crippen molar-refractivity contribution in [2.45, 2.75) is 69.6 Å². The van der Waals surface area contributed by atoms with Gasteiger partial charge in [0.05, 0.1) is 23.7 Å². The van der Waals surface area contributed by atoms with Crippen LogP contribution >= 0.6 is 11.6 Å². The Bertz CT molecular complexity index is 232. The summed E-state index contributed by atoms with van der Waals surface area (Å²) in [4.78, 5) is 0. The smallest absolute Gasteiger partial charge is 0.0997 e. The Labute approximate surface area is 104 Å². The van der Waals surface area contributed by atoms with Crippen molar-refractivity contribution < 1.29 is 9.47 Å². The molecular formula is C13H23ClO2. The van der Waals surface area contributed by atoms with E-state index in [2.05, 4.69) is 13.8 Å². The Morgan fingerprint density at radius 1 is 1.19 bits per heavy atom. The van der Waals surface area contributed by atoms with Gasteiger partial charge in [-0.25, -0.2) is 0 Å². The normalized spacial score (nSPS) is 39.4. The Kier molecular flexibility index (Phi) is 3.82. The first-order valence-corrected chi connectivity index (χ1v) is 6.78. The zero-order valence-corrected chi connectivity index (χ0v) is 11.3. The second-order valence-corrected chi connectivity index (χ2v) is 6.55. The topological polar surface area (TPSA) is 18.5 Å². The maximum absolute atomic E-state index is 6.09. The monoisotopic (exact) mass is 246 g/mol. The standard InChI is InChI=1S/C13H23ClO2/c1-13(2)6-4-9(5-7-13)16-11-8-10(14)12(11)15-3/h9-12H,4-8H2,1-3H3. The van der Waals surface area contributed by atoms with Gasteiger partial charge in [0, 0.05) is 7.11 Å². The first kappa shape index (κ1) is 12.7. The Morgan fingerprint density at radius 3 is 2.31 bits per heavy atom. The van der Waals surface area contributed by atoms with Gasteiger partial charge in [-0.2, -0.15) is 0 Å². The second-order valence-electron chi connectivity index (χ2n) is 5.99. The summed E-state index contributed by atoms with van der Waals surface area (Å²) in [6, 6.07) is 0. The predicted octanol–water partition coefficient (Wildman–Crippen LogP) is 3.37. The lowest BCUT2D eigenvalue weighted by Crippen LogP contribution is -2.52. The Balaban J connectivity index is 1.75. The van der Waals surface area contributed by atoms with E-state index in [9.17, 15) is 0 Å². The number of hydrogen-bond acceptors (Lipinski definition) is 2. The van der Waals surface area contributed by atoms with Crippen LogP contribution in [-0.4, -0.2) is 30.8 Å². The average Bonchev–Trinajstić information content (AvgIpc) is 2.20. The maximum Gasteiger partial charge on any atom is 0.0997 e. The number of methoxy groups -OCH3 is 1. The SMILES string of the molecule is COC1C(Cl)CC1OC1CCC(C)(C)CC1. The molecular weight excluding hydrogens is 224 g/mol. The number of alkyl halides is 1. The van der Waals surface area contributed by atoms with Crippen LogP contribution in [-0.2, 0) is 9.47 Å². The molecule has 3 unspecified atom stereocenters. The molecule has 2 aliphatic rings. The van der Waals surface area contributed by atoms with Crippen molar-refractivity contribution in [1.29, 1.82) is 0 Å². The van der Waals surface area contributed by atoms with Crippen LogP contribution in [0.15, 0.2) is 0 Å². The molecule has 0 bridgehead atoms. The molecule has 94 valence electrons. The molecule has 2 nitrogen and oxygen atoms in total. The first-order valence-electron chi connectivity index (χ1n) is 6.34. The highest BCUT2D eigenvalue weighted by Gasteiger charge is 2.43. The lowest BCUT2D eigenvalue weighted by molar-refractivity contribution is -0.147. The molecule has 0 amide bonds. The van der Waals surface area contributed by atoms with Crippen molar-refractivity contribution in [3.05, 3.63) is 0 Å². The minimum atomic E-state index is 0.108. The molecule has 0 heterocycles. The lowest BCUT2D eigenvalue weighted by Gasteiger charge is -2.43. The van der Waals surface area contributed by atoms with Gasteiger partial charge in [0.1, 0.15) is 0 Å². The summed E-state index contributed by atoms with van der Waals surface area (Å²) in [5.41, 5.74) is 0.509. The molecule has 0 spiro atoms. The van der Waals surface area contributed by atoms with Crippen molar-refractivity contribution >= 4 is 11.6 Å². The molecule has 0 aromatic heterocycles. The van der Waals surface area contributed by atoms with Gasteiger partial charge in [0.25, 0.3) is 0 Å². The molecule has 3 heteroatoms. The Morgan fingerprint density at radius 2 is 1.81 bits per heavy atom. The molecule has 2 aliphatic carbocycles. The van der Waals surface area contributed by atoms with Gasteiger partial charge in [0.15, 0.2) is 0 Å². The molecule has 0 saturated heterocycles. The second kappa shape index (κ2) is 4.83. The van der Waals surface area contributed by atoms with E-state index in [-0.39, 0.29) is 17.6 Å². The van der Waals surface area contributed by atoms with E-state index in [1.807, 2.05) is 0 Å². The van der Waals surface area contributed by atoms with Crippen molar-refractivity contribution in [1.82, 2.24) is 0 Å². The van der Waals surface area contributed by atoms with E-state index in [1.165, 1.54) is 25.7 Å². The summed E-state index contributed by atoms with van der Waals surface area (Å²) in [6.45, 7) is 4.69. The predicted molar refractivity (Wildman–Crippen MR) is 66.0 cm³/mol. The van der Waals surface area contributed by atoms with E-state index in [1.54, 1.807) is 7.11 Å². The summed E-state index contributed by atoms with van der Waals surface area (Å²) in [7, 11) is 1.72. The van der Waals surface area contributed by atoms with Crippen LogP contribution in [0.4, 0.5) is 0 Å². The molecule has 16 heavy (non-hydrogen) atoms. The van der Waals surface area contributed by atoms with Gasteiger partial charge < -0.3 is 9.47 Å². The van der Waals surface area contributed by atoms with E-state index < -0.39 is 0 Å². The zero-order chi connectivity index (χ0) is 11.8. The molecule has 0 aliphatic heterocycles. The first-order chi connectivity index (χ1) is 7.52. The Hall–Kier alpha value is 0.210. The molecule has 3 atom stereocenters. The summed E-state index contributed by atoms with van der Waals surface area (Å²) in [5.74, 6) is 0. The highest BCUT2D eigenvalue weighted by atomic mass is 35.5. The van der Waals surface area contributed by atoms with Crippen molar-refractivity contribution in [3.8, 4) is 0 Å². The fourth-order valence-electron chi connectivity index (χ4n) is 2.72. The number of rotatable bonds is 3. The maximum atomic E-state index is 6.09. The van der Waals surface area contributed by atoms with E-state index >= 15 is 0 Å². The third-order valence-corrected chi connectivity index (χ3v) is 4.53. The summed E-state index contributed by atoms with van der Waals surface area (Å²) < 4.78 is 11.4. The number of ether oxygens (including phenoxy) is 2. The van der Waals surface area contributed by atoms with Gasteiger partial charge in [-0.15, -0.1) is 11.6 Å². The zero-order valence-electron chi connectivity index (χ0n) is 10.5. The van der Waals surface area contributed by atoms with Gasteiger partial charge in [-0.3, -0.25) is 0 Å². The van der Waals surface area contributed by atoms with Crippen LogP contribution in [0.5, 0.6) is 0 Å². The van der Waals surface area contributed by atoms with Gasteiger partial charge >= 0.3 is 0 Å². The highest BCUT2D eigenvalue weighted by Crippen LogP contribution is 2.39. The molecule has 0 aromatic rings. The van der Waals surface area contributed by atoms with Crippen molar-refractivity contribution in [2.24, 2.45) is 5.41 Å². The van der Waals surface area contributed by atoms with Gasteiger partial charge in [-0.05, 0) is 37.5 Å². The van der Waals surface area contributed by atoms with Crippen LogP contribution in [0.2, 0.25) is 0 Å². The summed E-state index contributed by atoms with van der Waals surface area (Å²) in [6.07, 6.45) is 6.63. The molecule has 0 N–H and O–H groups in total. The van der Waals surface area contributed by atoms with Crippen molar-refractivity contribution in [3.63, 3.8) is 0 Å². The van der Waals surface area contributed by atoms with Crippen molar-refractivity contribution in [2.75, 3.05) is 7.11 Å². The lowest BCUT2D eigenvalue weighted by atomic mass is 9.76. The highest BCUT2D eigenvalue weighted by molar-refractivity contribution is 6.21. The van der Waals surface area contributed by atoms with E-state index in [0.717, 1.165) is 6.42 Å². The average molecular weight is 247 g/mol. The van der Waals surface area contributed by atoms with E-state index in [0.29, 0.717) is 11.5 Å². The molecule has 0 aromatic carbocycles. The van der Waals surface area contributed by atoms with Crippen LogP contribution in [0.1, 0.15) is 46.0 Å². The van der Waals surface area contributed by atoms with Crippen LogP contribution in [0.25, 0.3) is 0 Å². The summed E-state index contributed by atoms with van der Waals surface area (Å²) >= 11 is 6.07. The fraction of sp³-hybridized carbons (Fsp3) is 1.00. The largest absolute Gasteiger partial charge is 0.377 e. The van der Waals surface area contributed by atoms with Crippen LogP contribution in [0.3, 0.4) is 0 Å². The quantitative estimate of drug-likeness (QED) is 0.711. The number of halogens is 1. The molecule has 2 rings (SSSR count). The summed E-state index contributed by atoms with van der Waals surface area (Å²) in [5, 5.41) is 0.148. The van der Waals surface area contributed by atoms with Crippen LogP contribution in [0, 0.1) is 5.41 Å².